The van der Waals surface area contributed by atoms with Gasteiger partial charge in [-0.1, -0.05) is 0 Å². The molecule has 44 valence electrons. The number of H-pyrrole nitrogens is 1. The van der Waals surface area contributed by atoms with Gasteiger partial charge in [0, 0.05) is 13.0 Å². The quantitative estimate of drug-likeness (QED) is 0.469. The zero-order valence-corrected chi connectivity index (χ0v) is 5.52. The van der Waals surface area contributed by atoms with E-state index in [9.17, 15) is 0 Å². The summed E-state index contributed by atoms with van der Waals surface area (Å²) in [5.74, 6) is 0. The first-order valence-corrected chi connectivity index (χ1v) is 2.72. The Bertz CT molecular complexity index is 169. The van der Waals surface area contributed by atoms with E-state index in [0.29, 0.717) is 0 Å². The lowest BCUT2D eigenvalue weighted by atomic mass is 10.4. The van der Waals surface area contributed by atoms with E-state index in [4.69, 9.17) is 0 Å². The Labute approximate surface area is 49.1 Å². The molecule has 0 radical (unpaired) electrons. The van der Waals surface area contributed by atoms with Crippen molar-refractivity contribution < 1.29 is 4.68 Å². The lowest BCUT2D eigenvalue weighted by Gasteiger charge is -1.76. The molecule has 1 N–H and O–H groups in total. The summed E-state index contributed by atoms with van der Waals surface area (Å²) >= 11 is 0. The van der Waals surface area contributed by atoms with Crippen LogP contribution < -0.4 is 4.68 Å². The molecular formula is C6H11N2+. The maximum absolute atomic E-state index is 3.12. The summed E-state index contributed by atoms with van der Waals surface area (Å²) < 4.78 is 2.00. The third kappa shape index (κ3) is 0.735. The standard InChI is InChI=1S/C6H10N2/c1-5-4-6(2)8(3)7-5/h4H,1-3H3/p+1. The van der Waals surface area contributed by atoms with Crippen LogP contribution in [0, 0.1) is 13.8 Å². The molecule has 0 unspecified atom stereocenters. The molecule has 2 heteroatoms. The molecule has 8 heavy (non-hydrogen) atoms. The fraction of sp³-hybridized carbons (Fsp3) is 0.500. The molecule has 0 spiro atoms. The number of aromatic amines is 1. The monoisotopic (exact) mass is 111 g/mol. The Hall–Kier alpha value is -0.790. The lowest BCUT2D eigenvalue weighted by Crippen LogP contribution is -2.32. The van der Waals surface area contributed by atoms with Crippen LogP contribution in [-0.2, 0) is 7.05 Å². The molecule has 2 nitrogen and oxygen atoms in total. The molecule has 0 saturated carbocycles. The zero-order valence-electron chi connectivity index (χ0n) is 5.52. The van der Waals surface area contributed by atoms with Gasteiger partial charge in [-0.25, -0.2) is 0 Å². The second-order valence-electron chi connectivity index (χ2n) is 2.14. The first-order valence-electron chi connectivity index (χ1n) is 2.72. The number of hydrogen-bond acceptors (Lipinski definition) is 0. The van der Waals surface area contributed by atoms with Gasteiger partial charge in [0.05, 0.1) is 5.69 Å². The molecule has 0 aromatic carbocycles. The van der Waals surface area contributed by atoms with E-state index in [2.05, 4.69) is 18.1 Å². The fourth-order valence-electron chi connectivity index (χ4n) is 0.795. The maximum Gasteiger partial charge on any atom is 0.204 e. The highest BCUT2D eigenvalue weighted by Gasteiger charge is 2.00. The largest absolute Gasteiger partial charge is 0.204 e. The summed E-state index contributed by atoms with van der Waals surface area (Å²) in [5.41, 5.74) is 2.48. The van der Waals surface area contributed by atoms with Gasteiger partial charge in [0.2, 0.25) is 5.69 Å². The van der Waals surface area contributed by atoms with E-state index >= 15 is 0 Å². The van der Waals surface area contributed by atoms with Gasteiger partial charge >= 0.3 is 0 Å². The van der Waals surface area contributed by atoms with Gasteiger partial charge in [-0.15, -0.1) is 4.68 Å². The molecule has 0 amide bonds. The van der Waals surface area contributed by atoms with Crippen molar-refractivity contribution in [2.75, 3.05) is 0 Å². The lowest BCUT2D eigenvalue weighted by molar-refractivity contribution is -0.732. The summed E-state index contributed by atoms with van der Waals surface area (Å²) in [6.07, 6.45) is 0. The molecule has 0 bridgehead atoms. The smallest absolute Gasteiger partial charge is 0.170 e. The highest BCUT2D eigenvalue weighted by atomic mass is 15.3. The number of nitrogens with one attached hydrogen (secondary N) is 1. The number of aromatic nitrogens is 2. The van der Waals surface area contributed by atoms with Crippen LogP contribution in [0.1, 0.15) is 11.4 Å². The minimum Gasteiger partial charge on any atom is -0.170 e. The van der Waals surface area contributed by atoms with E-state index in [0.717, 1.165) is 0 Å². The van der Waals surface area contributed by atoms with Crippen molar-refractivity contribution in [2.24, 2.45) is 7.05 Å². The van der Waals surface area contributed by atoms with E-state index in [1.807, 2.05) is 18.7 Å². The Morgan fingerprint density at radius 2 is 2.12 bits per heavy atom. The Morgan fingerprint density at radius 1 is 1.50 bits per heavy atom. The number of rotatable bonds is 0. The molecule has 0 aliphatic heterocycles. The summed E-state index contributed by atoms with van der Waals surface area (Å²) in [6, 6.07) is 2.11. The van der Waals surface area contributed by atoms with Crippen molar-refractivity contribution in [3.8, 4) is 0 Å². The van der Waals surface area contributed by atoms with Crippen LogP contribution in [0.3, 0.4) is 0 Å². The van der Waals surface area contributed by atoms with Crippen molar-refractivity contribution in [1.29, 1.82) is 0 Å². The van der Waals surface area contributed by atoms with Crippen molar-refractivity contribution in [2.45, 2.75) is 13.8 Å². The summed E-state index contributed by atoms with van der Waals surface area (Å²) in [4.78, 5) is 0. The normalized spacial score (nSPS) is 9.88. The average Bonchev–Trinajstić information content (AvgIpc) is 1.85. The van der Waals surface area contributed by atoms with E-state index in [1.165, 1.54) is 11.4 Å². The van der Waals surface area contributed by atoms with Crippen molar-refractivity contribution in [3.05, 3.63) is 17.5 Å². The van der Waals surface area contributed by atoms with Gasteiger partial charge in [-0.05, 0) is 6.92 Å². The van der Waals surface area contributed by atoms with Crippen molar-refractivity contribution in [1.82, 2.24) is 5.10 Å². The number of nitrogens with zero attached hydrogens (tertiary/aromatic N) is 1. The minimum atomic E-state index is 1.21. The predicted molar refractivity (Wildman–Crippen MR) is 31.4 cm³/mol. The Balaban J connectivity index is 3.14. The first kappa shape index (κ1) is 5.35. The molecule has 1 aromatic heterocycles. The predicted octanol–water partition coefficient (Wildman–Crippen LogP) is 0.456. The number of hydrogen-bond donors (Lipinski definition) is 1. The van der Waals surface area contributed by atoms with Gasteiger partial charge in [0.1, 0.15) is 0 Å². The maximum atomic E-state index is 3.12. The van der Waals surface area contributed by atoms with Crippen molar-refractivity contribution >= 4 is 0 Å². The average molecular weight is 111 g/mol. The third-order valence-electron chi connectivity index (χ3n) is 1.30. The van der Waals surface area contributed by atoms with E-state index < -0.39 is 0 Å². The molecule has 1 rings (SSSR count). The SMILES string of the molecule is Cc1cc(C)[n+](C)[nH]1. The van der Waals surface area contributed by atoms with Crippen LogP contribution >= 0.6 is 0 Å². The summed E-state index contributed by atoms with van der Waals surface area (Å²) in [7, 11) is 2.00. The second kappa shape index (κ2) is 1.62. The molecule has 0 atom stereocenters. The molecule has 0 aliphatic rings. The van der Waals surface area contributed by atoms with E-state index in [-0.39, 0.29) is 0 Å². The van der Waals surface area contributed by atoms with Crippen LogP contribution in [0.25, 0.3) is 0 Å². The van der Waals surface area contributed by atoms with Crippen LogP contribution in [0.15, 0.2) is 6.07 Å². The topological polar surface area (TPSA) is 19.7 Å². The van der Waals surface area contributed by atoms with Gasteiger partial charge < -0.3 is 0 Å². The van der Waals surface area contributed by atoms with Gasteiger partial charge in [-0.3, -0.25) is 0 Å². The molecule has 0 aliphatic carbocycles. The van der Waals surface area contributed by atoms with Crippen LogP contribution in [-0.4, -0.2) is 5.10 Å². The summed E-state index contributed by atoms with van der Waals surface area (Å²) in [6.45, 7) is 4.12. The van der Waals surface area contributed by atoms with Crippen LogP contribution in [0.2, 0.25) is 0 Å². The molecule has 1 heterocycles. The fourth-order valence-corrected chi connectivity index (χ4v) is 0.795. The second-order valence-corrected chi connectivity index (χ2v) is 2.14. The van der Waals surface area contributed by atoms with Crippen LogP contribution in [0.5, 0.6) is 0 Å². The first-order chi connectivity index (χ1) is 3.70. The molecule has 0 fully saturated rings. The Kier molecular flexibility index (Phi) is 1.08. The van der Waals surface area contributed by atoms with Gasteiger partial charge in [0.15, 0.2) is 7.05 Å². The molecular weight excluding hydrogens is 100 g/mol. The van der Waals surface area contributed by atoms with Gasteiger partial charge in [-0.2, -0.15) is 5.10 Å². The highest BCUT2D eigenvalue weighted by molar-refractivity contribution is 4.98. The minimum absolute atomic E-state index is 1.21. The summed E-state index contributed by atoms with van der Waals surface area (Å²) in [5, 5.41) is 3.12. The van der Waals surface area contributed by atoms with Crippen molar-refractivity contribution in [3.63, 3.8) is 0 Å². The number of aryl methyl sites for hydroxylation is 3. The van der Waals surface area contributed by atoms with Gasteiger partial charge in [0.25, 0.3) is 0 Å². The van der Waals surface area contributed by atoms with Crippen LogP contribution in [0.4, 0.5) is 0 Å². The highest BCUT2D eigenvalue weighted by Crippen LogP contribution is 1.90. The Morgan fingerprint density at radius 3 is 2.25 bits per heavy atom. The third-order valence-corrected chi connectivity index (χ3v) is 1.30. The molecule has 0 saturated heterocycles. The molecule has 1 aromatic rings. The zero-order chi connectivity index (χ0) is 6.15. The van der Waals surface area contributed by atoms with E-state index in [1.54, 1.807) is 0 Å².